The van der Waals surface area contributed by atoms with E-state index in [1.165, 1.54) is 4.90 Å². The molecule has 164 valence electrons. The first-order valence-electron chi connectivity index (χ1n) is 10.5. The summed E-state index contributed by atoms with van der Waals surface area (Å²) in [5.74, 6) is -1.18. The van der Waals surface area contributed by atoms with E-state index < -0.39 is 11.9 Å². The number of hydrogen-bond acceptors (Lipinski definition) is 4. The number of allylic oxidation sites excluding steroid dienone is 1. The third-order valence-electron chi connectivity index (χ3n) is 5.22. The van der Waals surface area contributed by atoms with E-state index in [-0.39, 0.29) is 31.4 Å². The van der Waals surface area contributed by atoms with Gasteiger partial charge in [-0.2, -0.15) is 0 Å². The van der Waals surface area contributed by atoms with Crippen LogP contribution in [0.25, 0.3) is 0 Å². The minimum absolute atomic E-state index is 0.0685. The number of esters is 1. The topological polar surface area (TPSA) is 66.9 Å². The Kier molecular flexibility index (Phi) is 8.90. The van der Waals surface area contributed by atoms with Gasteiger partial charge in [0, 0.05) is 36.1 Å². The molecule has 1 atom stereocenters. The highest BCUT2D eigenvalue weighted by Gasteiger charge is 2.37. The molecule has 0 radical (unpaired) electrons. The van der Waals surface area contributed by atoms with Gasteiger partial charge >= 0.3 is 5.97 Å². The Morgan fingerprint density at radius 1 is 1.13 bits per heavy atom. The maximum Gasteiger partial charge on any atom is 0.336 e. The number of amides is 2. The molecule has 0 fully saturated rings. The molecule has 1 aromatic carbocycles. The molecule has 0 saturated heterocycles. The molecule has 7 heteroatoms. The molecule has 1 aromatic rings. The Hall–Kier alpha value is -2.34. The molecule has 2 rings (SSSR count). The van der Waals surface area contributed by atoms with Crippen molar-refractivity contribution in [3.8, 4) is 0 Å². The van der Waals surface area contributed by atoms with Crippen LogP contribution in [0.15, 0.2) is 35.5 Å². The number of benzene rings is 1. The van der Waals surface area contributed by atoms with Crippen molar-refractivity contribution in [2.45, 2.75) is 52.9 Å². The summed E-state index contributed by atoms with van der Waals surface area (Å²) in [6, 6.07) is 7.11. The monoisotopic (exact) mass is 434 g/mol. The van der Waals surface area contributed by atoms with Crippen molar-refractivity contribution >= 4 is 29.4 Å². The number of ether oxygens (including phenoxy) is 1. The SMILES string of the molecule is CCCN(CCC)C(=O)CN1C(=O)CC(c2ccc(Cl)cc2)C(C(=O)OCC)=C1C. The number of carbonyl (C=O) groups excluding carboxylic acids is 3. The zero-order valence-corrected chi connectivity index (χ0v) is 19.0. The fourth-order valence-electron chi connectivity index (χ4n) is 3.79. The molecule has 30 heavy (non-hydrogen) atoms. The Labute approximate surface area is 183 Å². The lowest BCUT2D eigenvalue weighted by molar-refractivity contribution is -0.142. The van der Waals surface area contributed by atoms with Crippen molar-refractivity contribution in [2.24, 2.45) is 0 Å². The van der Waals surface area contributed by atoms with E-state index in [0.29, 0.717) is 29.4 Å². The quantitative estimate of drug-likeness (QED) is 0.548. The average Bonchev–Trinajstić information content (AvgIpc) is 2.71. The lowest BCUT2D eigenvalue weighted by Crippen LogP contribution is -2.45. The summed E-state index contributed by atoms with van der Waals surface area (Å²) in [5.41, 5.74) is 1.72. The molecule has 1 heterocycles. The van der Waals surface area contributed by atoms with Gasteiger partial charge in [0.05, 0.1) is 12.2 Å². The molecule has 1 aliphatic rings. The maximum atomic E-state index is 13.0. The summed E-state index contributed by atoms with van der Waals surface area (Å²) < 4.78 is 5.28. The Balaban J connectivity index is 2.40. The highest BCUT2D eigenvalue weighted by Crippen LogP contribution is 2.37. The second-order valence-corrected chi connectivity index (χ2v) is 7.82. The molecule has 1 unspecified atom stereocenters. The Morgan fingerprint density at radius 2 is 1.73 bits per heavy atom. The van der Waals surface area contributed by atoms with Crippen LogP contribution in [0.4, 0.5) is 0 Å². The average molecular weight is 435 g/mol. The van der Waals surface area contributed by atoms with Crippen LogP contribution in [-0.2, 0) is 19.1 Å². The number of hydrogen-bond donors (Lipinski definition) is 0. The standard InChI is InChI=1S/C23H31ClN2O4/c1-5-12-25(13-6-2)21(28)15-26-16(4)22(23(29)30-7-3)19(14-20(26)27)17-8-10-18(24)11-9-17/h8-11,19H,5-7,12-15H2,1-4H3. The van der Waals surface area contributed by atoms with Gasteiger partial charge in [-0.15, -0.1) is 0 Å². The minimum atomic E-state index is -0.459. The lowest BCUT2D eigenvalue weighted by Gasteiger charge is -2.35. The highest BCUT2D eigenvalue weighted by molar-refractivity contribution is 6.30. The van der Waals surface area contributed by atoms with Gasteiger partial charge in [0.25, 0.3) is 0 Å². The van der Waals surface area contributed by atoms with Gasteiger partial charge in [0.15, 0.2) is 0 Å². The van der Waals surface area contributed by atoms with Gasteiger partial charge in [0.2, 0.25) is 11.8 Å². The molecule has 0 aromatic heterocycles. The van der Waals surface area contributed by atoms with E-state index in [9.17, 15) is 14.4 Å². The molecule has 2 amide bonds. The normalized spacial score (nSPS) is 16.6. The molecule has 6 nitrogen and oxygen atoms in total. The smallest absolute Gasteiger partial charge is 0.336 e. The van der Waals surface area contributed by atoms with E-state index in [4.69, 9.17) is 16.3 Å². The van der Waals surface area contributed by atoms with Crippen LogP contribution < -0.4 is 0 Å². The van der Waals surface area contributed by atoms with Crippen molar-refractivity contribution in [3.63, 3.8) is 0 Å². The van der Waals surface area contributed by atoms with Crippen molar-refractivity contribution in [3.05, 3.63) is 46.1 Å². The van der Waals surface area contributed by atoms with Crippen LogP contribution in [0.2, 0.25) is 5.02 Å². The molecular formula is C23H31ClN2O4. The summed E-state index contributed by atoms with van der Waals surface area (Å²) in [6.45, 7) is 8.95. The van der Waals surface area contributed by atoms with Crippen molar-refractivity contribution in [2.75, 3.05) is 26.2 Å². The van der Waals surface area contributed by atoms with Gasteiger partial charge in [-0.1, -0.05) is 37.6 Å². The molecule has 0 N–H and O–H groups in total. The minimum Gasteiger partial charge on any atom is -0.463 e. The number of halogens is 1. The number of rotatable bonds is 9. The Bertz CT molecular complexity index is 798. The van der Waals surface area contributed by atoms with Crippen molar-refractivity contribution in [1.82, 2.24) is 9.80 Å². The third-order valence-corrected chi connectivity index (χ3v) is 5.48. The second kappa shape index (κ2) is 11.2. The van der Waals surface area contributed by atoms with Crippen LogP contribution in [0.5, 0.6) is 0 Å². The molecule has 0 saturated carbocycles. The summed E-state index contributed by atoms with van der Waals surface area (Å²) in [6.07, 6.45) is 1.80. The fourth-order valence-corrected chi connectivity index (χ4v) is 3.92. The van der Waals surface area contributed by atoms with Gasteiger partial charge in [-0.3, -0.25) is 9.59 Å². The van der Waals surface area contributed by atoms with E-state index in [1.807, 2.05) is 26.0 Å². The van der Waals surface area contributed by atoms with E-state index >= 15 is 0 Å². The number of carbonyl (C=O) groups is 3. The fraction of sp³-hybridized carbons (Fsp3) is 0.522. The van der Waals surface area contributed by atoms with E-state index in [0.717, 1.165) is 18.4 Å². The van der Waals surface area contributed by atoms with Crippen LogP contribution in [-0.4, -0.2) is 53.8 Å². The van der Waals surface area contributed by atoms with Gasteiger partial charge in [-0.05, 0) is 44.4 Å². The summed E-state index contributed by atoms with van der Waals surface area (Å²) in [7, 11) is 0. The van der Waals surface area contributed by atoms with Crippen LogP contribution in [0, 0.1) is 0 Å². The highest BCUT2D eigenvalue weighted by atomic mass is 35.5. The maximum absolute atomic E-state index is 13.0. The van der Waals surface area contributed by atoms with Crippen LogP contribution >= 0.6 is 11.6 Å². The predicted molar refractivity (Wildman–Crippen MR) is 117 cm³/mol. The Morgan fingerprint density at radius 3 is 2.27 bits per heavy atom. The number of nitrogens with zero attached hydrogens (tertiary/aromatic N) is 2. The predicted octanol–water partition coefficient (Wildman–Crippen LogP) is 4.14. The lowest BCUT2D eigenvalue weighted by atomic mass is 9.83. The zero-order valence-electron chi connectivity index (χ0n) is 18.2. The summed E-state index contributed by atoms with van der Waals surface area (Å²) in [4.78, 5) is 41.9. The summed E-state index contributed by atoms with van der Waals surface area (Å²) in [5, 5.41) is 0.582. The zero-order chi connectivity index (χ0) is 22.3. The molecule has 1 aliphatic heterocycles. The molecular weight excluding hydrogens is 404 g/mol. The molecule has 0 aliphatic carbocycles. The van der Waals surface area contributed by atoms with Crippen molar-refractivity contribution < 1.29 is 19.1 Å². The third kappa shape index (κ3) is 5.63. The first-order valence-corrected chi connectivity index (χ1v) is 10.9. The van der Waals surface area contributed by atoms with Crippen LogP contribution in [0.3, 0.4) is 0 Å². The largest absolute Gasteiger partial charge is 0.463 e. The van der Waals surface area contributed by atoms with E-state index in [2.05, 4.69) is 0 Å². The molecule has 0 bridgehead atoms. The molecule has 0 spiro atoms. The first-order chi connectivity index (χ1) is 14.3. The van der Waals surface area contributed by atoms with Crippen LogP contribution in [0.1, 0.15) is 58.4 Å². The first kappa shape index (κ1) is 23.9. The second-order valence-electron chi connectivity index (χ2n) is 7.39. The van der Waals surface area contributed by atoms with Gasteiger partial charge in [-0.25, -0.2) is 4.79 Å². The van der Waals surface area contributed by atoms with Crippen molar-refractivity contribution in [1.29, 1.82) is 0 Å². The van der Waals surface area contributed by atoms with E-state index in [1.54, 1.807) is 30.9 Å². The summed E-state index contributed by atoms with van der Waals surface area (Å²) >= 11 is 6.00. The van der Waals surface area contributed by atoms with Gasteiger partial charge in [0.1, 0.15) is 6.54 Å². The van der Waals surface area contributed by atoms with Gasteiger partial charge < -0.3 is 14.5 Å².